The third-order valence-electron chi connectivity index (χ3n) is 3.16. The first-order valence-electron chi connectivity index (χ1n) is 5.32. The van der Waals surface area contributed by atoms with Crippen molar-refractivity contribution in [3.05, 3.63) is 0 Å². The van der Waals surface area contributed by atoms with Crippen LogP contribution in [0.5, 0.6) is 0 Å². The third kappa shape index (κ3) is 2.69. The van der Waals surface area contributed by atoms with E-state index in [1.807, 2.05) is 0 Å². The lowest BCUT2D eigenvalue weighted by molar-refractivity contribution is -0.139. The molecule has 0 radical (unpaired) electrons. The van der Waals surface area contributed by atoms with Gasteiger partial charge in [0.25, 0.3) is 0 Å². The van der Waals surface area contributed by atoms with Gasteiger partial charge < -0.3 is 16.2 Å². The van der Waals surface area contributed by atoms with Crippen molar-refractivity contribution in [1.29, 1.82) is 0 Å². The monoisotopic (exact) mass is 200 g/mol. The van der Waals surface area contributed by atoms with E-state index in [2.05, 4.69) is 5.32 Å². The SMILES string of the molecule is CNC(C1CCCCC1)C(N)C(=O)O. The number of nitrogens with one attached hydrogen (secondary N) is 1. The van der Waals surface area contributed by atoms with Gasteiger partial charge in [-0.3, -0.25) is 4.79 Å². The second kappa shape index (κ2) is 5.32. The van der Waals surface area contributed by atoms with Gasteiger partial charge in [0.1, 0.15) is 6.04 Å². The summed E-state index contributed by atoms with van der Waals surface area (Å²) in [4.78, 5) is 10.8. The van der Waals surface area contributed by atoms with E-state index in [0.717, 1.165) is 12.8 Å². The normalized spacial score (nSPS) is 23.0. The Balaban J connectivity index is 2.55. The highest BCUT2D eigenvalue weighted by molar-refractivity contribution is 5.74. The Morgan fingerprint density at radius 2 is 2.00 bits per heavy atom. The average Bonchev–Trinajstić information content (AvgIpc) is 2.20. The van der Waals surface area contributed by atoms with Gasteiger partial charge >= 0.3 is 5.97 Å². The zero-order valence-corrected chi connectivity index (χ0v) is 8.70. The van der Waals surface area contributed by atoms with Gasteiger partial charge in [0.05, 0.1) is 0 Å². The largest absolute Gasteiger partial charge is 0.480 e. The van der Waals surface area contributed by atoms with E-state index < -0.39 is 12.0 Å². The molecule has 82 valence electrons. The minimum Gasteiger partial charge on any atom is -0.480 e. The van der Waals surface area contributed by atoms with Gasteiger partial charge in [-0.05, 0) is 25.8 Å². The first-order chi connectivity index (χ1) is 6.66. The van der Waals surface area contributed by atoms with Gasteiger partial charge in [0.15, 0.2) is 0 Å². The van der Waals surface area contributed by atoms with E-state index in [4.69, 9.17) is 10.8 Å². The van der Waals surface area contributed by atoms with Crippen LogP contribution in [-0.4, -0.2) is 30.2 Å². The van der Waals surface area contributed by atoms with Crippen molar-refractivity contribution in [3.8, 4) is 0 Å². The number of likely N-dealkylation sites (N-methyl/N-ethyl adjacent to an activating group) is 1. The summed E-state index contributed by atoms with van der Waals surface area (Å²) in [7, 11) is 1.79. The molecule has 0 aromatic rings. The van der Waals surface area contributed by atoms with Gasteiger partial charge in [-0.15, -0.1) is 0 Å². The van der Waals surface area contributed by atoms with Crippen LogP contribution < -0.4 is 11.1 Å². The molecular formula is C10H20N2O2. The van der Waals surface area contributed by atoms with E-state index in [-0.39, 0.29) is 6.04 Å². The maximum absolute atomic E-state index is 10.8. The number of aliphatic carboxylic acids is 1. The first-order valence-corrected chi connectivity index (χ1v) is 5.32. The molecule has 0 saturated heterocycles. The molecule has 2 unspecified atom stereocenters. The van der Waals surface area contributed by atoms with E-state index >= 15 is 0 Å². The highest BCUT2D eigenvalue weighted by Crippen LogP contribution is 2.27. The molecule has 1 fully saturated rings. The Labute approximate surface area is 84.9 Å². The lowest BCUT2D eigenvalue weighted by Crippen LogP contribution is -2.52. The molecule has 1 saturated carbocycles. The summed E-state index contributed by atoms with van der Waals surface area (Å²) in [5.74, 6) is -0.477. The minimum atomic E-state index is -0.907. The molecule has 1 aliphatic carbocycles. The number of carboxylic acid groups (broad SMARTS) is 1. The Kier molecular flexibility index (Phi) is 4.35. The van der Waals surface area contributed by atoms with Crippen molar-refractivity contribution in [1.82, 2.24) is 5.32 Å². The van der Waals surface area contributed by atoms with Crippen LogP contribution in [0.3, 0.4) is 0 Å². The molecule has 1 rings (SSSR count). The van der Waals surface area contributed by atoms with Crippen LogP contribution in [0.2, 0.25) is 0 Å². The van der Waals surface area contributed by atoms with Crippen molar-refractivity contribution in [3.63, 3.8) is 0 Å². The fourth-order valence-electron chi connectivity index (χ4n) is 2.36. The number of rotatable bonds is 4. The van der Waals surface area contributed by atoms with Crippen LogP contribution in [0.1, 0.15) is 32.1 Å². The molecule has 0 aromatic carbocycles. The fraction of sp³-hybridized carbons (Fsp3) is 0.900. The Morgan fingerprint density at radius 1 is 1.43 bits per heavy atom. The number of nitrogens with two attached hydrogens (primary N) is 1. The van der Waals surface area contributed by atoms with Crippen molar-refractivity contribution in [2.45, 2.75) is 44.2 Å². The van der Waals surface area contributed by atoms with Crippen molar-refractivity contribution < 1.29 is 9.90 Å². The summed E-state index contributed by atoms with van der Waals surface area (Å²) in [6.45, 7) is 0. The molecule has 1 aliphatic rings. The van der Waals surface area contributed by atoms with Crippen LogP contribution in [0, 0.1) is 5.92 Å². The standard InChI is InChI=1S/C10H20N2O2/c1-12-9(8(11)10(13)14)7-5-3-2-4-6-7/h7-9,12H,2-6,11H2,1H3,(H,13,14). The molecule has 0 aromatic heterocycles. The number of hydrogen-bond acceptors (Lipinski definition) is 3. The summed E-state index contributed by atoms with van der Waals surface area (Å²) >= 11 is 0. The molecule has 0 amide bonds. The summed E-state index contributed by atoms with van der Waals surface area (Å²) in [5, 5.41) is 11.9. The Hall–Kier alpha value is -0.610. The second-order valence-electron chi connectivity index (χ2n) is 4.08. The summed E-state index contributed by atoms with van der Waals surface area (Å²) < 4.78 is 0. The Morgan fingerprint density at radius 3 is 2.43 bits per heavy atom. The topological polar surface area (TPSA) is 75.3 Å². The molecule has 0 heterocycles. The average molecular weight is 200 g/mol. The minimum absolute atomic E-state index is 0.0761. The van der Waals surface area contributed by atoms with Crippen LogP contribution in [0.15, 0.2) is 0 Å². The van der Waals surface area contributed by atoms with Gasteiger partial charge in [0, 0.05) is 6.04 Å². The molecule has 14 heavy (non-hydrogen) atoms. The summed E-state index contributed by atoms with van der Waals surface area (Å²) in [5.41, 5.74) is 5.64. The molecular weight excluding hydrogens is 180 g/mol. The van der Waals surface area contributed by atoms with Crippen molar-refractivity contribution in [2.24, 2.45) is 11.7 Å². The lowest BCUT2D eigenvalue weighted by atomic mass is 9.81. The van der Waals surface area contributed by atoms with Gasteiger partial charge in [-0.25, -0.2) is 0 Å². The smallest absolute Gasteiger partial charge is 0.322 e. The number of carbonyl (C=O) groups is 1. The summed E-state index contributed by atoms with van der Waals surface area (Å²) in [6, 6.07) is -0.851. The van der Waals surface area contributed by atoms with Crippen LogP contribution >= 0.6 is 0 Å². The van der Waals surface area contributed by atoms with E-state index in [1.54, 1.807) is 7.05 Å². The molecule has 4 heteroatoms. The van der Waals surface area contributed by atoms with Crippen molar-refractivity contribution >= 4 is 5.97 Å². The second-order valence-corrected chi connectivity index (χ2v) is 4.08. The zero-order valence-electron chi connectivity index (χ0n) is 8.70. The van der Waals surface area contributed by atoms with Crippen LogP contribution in [0.25, 0.3) is 0 Å². The highest BCUT2D eigenvalue weighted by Gasteiger charge is 2.30. The summed E-state index contributed by atoms with van der Waals surface area (Å²) in [6.07, 6.45) is 5.89. The maximum atomic E-state index is 10.8. The number of hydrogen-bond donors (Lipinski definition) is 3. The van der Waals surface area contributed by atoms with E-state index in [1.165, 1.54) is 19.3 Å². The maximum Gasteiger partial charge on any atom is 0.322 e. The van der Waals surface area contributed by atoms with Gasteiger partial charge in [-0.2, -0.15) is 0 Å². The molecule has 2 atom stereocenters. The molecule has 0 spiro atoms. The van der Waals surface area contributed by atoms with E-state index in [9.17, 15) is 4.79 Å². The third-order valence-corrected chi connectivity index (χ3v) is 3.16. The number of carboxylic acids is 1. The quantitative estimate of drug-likeness (QED) is 0.620. The zero-order chi connectivity index (χ0) is 10.6. The highest BCUT2D eigenvalue weighted by atomic mass is 16.4. The Bertz CT molecular complexity index is 191. The first kappa shape index (κ1) is 11.5. The van der Waals surface area contributed by atoms with Crippen LogP contribution in [-0.2, 0) is 4.79 Å². The molecule has 0 aliphatic heterocycles. The lowest BCUT2D eigenvalue weighted by Gasteiger charge is -2.32. The molecule has 4 nitrogen and oxygen atoms in total. The van der Waals surface area contributed by atoms with Gasteiger partial charge in [0.2, 0.25) is 0 Å². The van der Waals surface area contributed by atoms with Gasteiger partial charge in [-0.1, -0.05) is 19.3 Å². The van der Waals surface area contributed by atoms with E-state index in [0.29, 0.717) is 5.92 Å². The predicted octanol–water partition coefficient (Wildman–Crippen LogP) is 0.567. The molecule has 4 N–H and O–H groups in total. The van der Waals surface area contributed by atoms with Crippen LogP contribution in [0.4, 0.5) is 0 Å². The fourth-order valence-corrected chi connectivity index (χ4v) is 2.36. The van der Waals surface area contributed by atoms with Crippen molar-refractivity contribution in [2.75, 3.05) is 7.05 Å². The predicted molar refractivity (Wildman–Crippen MR) is 55.0 cm³/mol. The molecule has 0 bridgehead atoms.